The zero-order valence-corrected chi connectivity index (χ0v) is 17.8. The first-order valence-corrected chi connectivity index (χ1v) is 12.2. The number of benzene rings is 2. The normalized spacial score (nSPS) is 19.9. The van der Waals surface area contributed by atoms with Gasteiger partial charge in [-0.25, -0.2) is 8.42 Å². The van der Waals surface area contributed by atoms with Gasteiger partial charge in [-0.2, -0.15) is 4.31 Å². The summed E-state index contributed by atoms with van der Waals surface area (Å²) in [6.45, 7) is 1.52. The first-order valence-electron chi connectivity index (χ1n) is 10.7. The molecule has 5 nitrogen and oxygen atoms in total. The summed E-state index contributed by atoms with van der Waals surface area (Å²) in [5.41, 5.74) is 4.20. The van der Waals surface area contributed by atoms with Gasteiger partial charge in [0.15, 0.2) is 0 Å². The average molecular weight is 423 g/mol. The van der Waals surface area contributed by atoms with Crippen molar-refractivity contribution in [1.82, 2.24) is 4.31 Å². The maximum atomic E-state index is 13.2. The standard InChI is InChI=1S/C24H26N2O3S/c27-24(20-7-4-8-20)26-16-13-21-17-22(9-10-23(21)26)30(28,29)25-14-11-19(12-15-25)18-5-2-1-3-6-18/h1-3,5-6,9-11,17,20H,4,7-8,12-16H2. The molecule has 1 saturated carbocycles. The van der Waals surface area contributed by atoms with Crippen molar-refractivity contribution in [3.8, 4) is 0 Å². The molecule has 6 heteroatoms. The Balaban J connectivity index is 1.34. The lowest BCUT2D eigenvalue weighted by molar-refractivity contribution is -0.124. The molecule has 0 unspecified atom stereocenters. The fourth-order valence-electron chi connectivity index (χ4n) is 4.58. The first kappa shape index (κ1) is 19.5. The largest absolute Gasteiger partial charge is 0.312 e. The van der Waals surface area contributed by atoms with Crippen LogP contribution in [0.3, 0.4) is 0 Å². The van der Waals surface area contributed by atoms with Crippen LogP contribution in [-0.4, -0.2) is 38.3 Å². The maximum absolute atomic E-state index is 13.2. The summed E-state index contributed by atoms with van der Waals surface area (Å²) in [5, 5.41) is 0. The van der Waals surface area contributed by atoms with E-state index in [4.69, 9.17) is 0 Å². The summed E-state index contributed by atoms with van der Waals surface area (Å²) in [7, 11) is -3.55. The van der Waals surface area contributed by atoms with Crippen LogP contribution in [0, 0.1) is 5.92 Å². The van der Waals surface area contributed by atoms with Crippen molar-refractivity contribution in [1.29, 1.82) is 0 Å². The van der Waals surface area contributed by atoms with Gasteiger partial charge in [-0.05, 0) is 60.6 Å². The topological polar surface area (TPSA) is 57.7 Å². The summed E-state index contributed by atoms with van der Waals surface area (Å²) in [5.74, 6) is 0.350. The lowest BCUT2D eigenvalue weighted by Gasteiger charge is -2.29. The molecular formula is C24H26N2O3S. The maximum Gasteiger partial charge on any atom is 0.243 e. The molecule has 1 aliphatic carbocycles. The molecule has 0 aromatic heterocycles. The van der Waals surface area contributed by atoms with Gasteiger partial charge < -0.3 is 4.90 Å². The number of amides is 1. The van der Waals surface area contributed by atoms with E-state index in [1.165, 1.54) is 5.57 Å². The number of anilines is 1. The summed E-state index contributed by atoms with van der Waals surface area (Å²) in [4.78, 5) is 14.8. The molecule has 1 amide bonds. The Morgan fingerprint density at radius 2 is 1.77 bits per heavy atom. The number of rotatable bonds is 4. The third-order valence-electron chi connectivity index (χ3n) is 6.62. The molecule has 2 heterocycles. The third kappa shape index (κ3) is 3.38. The summed E-state index contributed by atoms with van der Waals surface area (Å²) >= 11 is 0. The fourth-order valence-corrected chi connectivity index (χ4v) is 6.01. The van der Waals surface area contributed by atoms with Gasteiger partial charge >= 0.3 is 0 Å². The van der Waals surface area contributed by atoms with Gasteiger partial charge in [0.2, 0.25) is 15.9 Å². The number of hydrogen-bond acceptors (Lipinski definition) is 3. The monoisotopic (exact) mass is 422 g/mol. The Hall–Kier alpha value is -2.44. The second-order valence-electron chi connectivity index (χ2n) is 8.37. The molecule has 0 atom stereocenters. The van der Waals surface area contributed by atoms with Crippen molar-refractivity contribution in [3.05, 3.63) is 65.7 Å². The van der Waals surface area contributed by atoms with E-state index < -0.39 is 10.0 Å². The predicted octanol–water partition coefficient (Wildman–Crippen LogP) is 3.85. The van der Waals surface area contributed by atoms with Crippen molar-refractivity contribution in [3.63, 3.8) is 0 Å². The second-order valence-corrected chi connectivity index (χ2v) is 10.3. The highest BCUT2D eigenvalue weighted by Gasteiger charge is 2.34. The molecule has 5 rings (SSSR count). The second kappa shape index (κ2) is 7.67. The average Bonchev–Trinajstić information content (AvgIpc) is 3.16. The summed E-state index contributed by atoms with van der Waals surface area (Å²) in [6.07, 6.45) is 6.52. The molecule has 0 spiro atoms. The van der Waals surface area contributed by atoms with Gasteiger partial charge in [0.05, 0.1) is 4.90 Å². The van der Waals surface area contributed by atoms with E-state index in [0.29, 0.717) is 31.0 Å². The lowest BCUT2D eigenvalue weighted by Crippen LogP contribution is -2.37. The van der Waals surface area contributed by atoms with Crippen molar-refractivity contribution < 1.29 is 13.2 Å². The quantitative estimate of drug-likeness (QED) is 0.752. The summed E-state index contributed by atoms with van der Waals surface area (Å²) < 4.78 is 28.0. The zero-order valence-electron chi connectivity index (χ0n) is 17.0. The predicted molar refractivity (Wildman–Crippen MR) is 118 cm³/mol. The molecule has 3 aliphatic rings. The molecule has 2 aromatic carbocycles. The summed E-state index contributed by atoms with van der Waals surface area (Å²) in [6, 6.07) is 15.4. The minimum absolute atomic E-state index is 0.151. The first-order chi connectivity index (χ1) is 14.5. The van der Waals surface area contributed by atoms with Crippen LogP contribution in [0.5, 0.6) is 0 Å². The number of carbonyl (C=O) groups excluding carboxylic acids is 1. The SMILES string of the molecule is O=C(C1CCC1)N1CCc2cc(S(=O)(=O)N3CC=C(c4ccccc4)CC3)ccc21. The van der Waals surface area contributed by atoms with Gasteiger partial charge in [0, 0.05) is 31.2 Å². The molecule has 0 saturated heterocycles. The van der Waals surface area contributed by atoms with Gasteiger partial charge in [0.1, 0.15) is 0 Å². The van der Waals surface area contributed by atoms with Crippen LogP contribution in [-0.2, 0) is 21.2 Å². The van der Waals surface area contributed by atoms with Crippen molar-refractivity contribution in [2.75, 3.05) is 24.5 Å². The van der Waals surface area contributed by atoms with E-state index in [1.54, 1.807) is 16.4 Å². The van der Waals surface area contributed by atoms with E-state index in [-0.39, 0.29) is 11.8 Å². The molecule has 2 aromatic rings. The molecular weight excluding hydrogens is 396 g/mol. The number of hydrogen-bond donors (Lipinski definition) is 0. The van der Waals surface area contributed by atoms with Crippen molar-refractivity contribution >= 4 is 27.2 Å². The van der Waals surface area contributed by atoms with Gasteiger partial charge in [0.25, 0.3) is 0 Å². The van der Waals surface area contributed by atoms with Crippen LogP contribution in [0.15, 0.2) is 59.5 Å². The molecule has 2 aliphatic heterocycles. The minimum Gasteiger partial charge on any atom is -0.312 e. The number of carbonyl (C=O) groups is 1. The third-order valence-corrected chi connectivity index (χ3v) is 8.48. The molecule has 0 radical (unpaired) electrons. The van der Waals surface area contributed by atoms with Gasteiger partial charge in [-0.1, -0.05) is 42.8 Å². The number of fused-ring (bicyclic) bond motifs is 1. The Morgan fingerprint density at radius 1 is 0.967 bits per heavy atom. The molecule has 30 heavy (non-hydrogen) atoms. The van der Waals surface area contributed by atoms with Gasteiger partial charge in [-0.3, -0.25) is 4.79 Å². The highest BCUT2D eigenvalue weighted by atomic mass is 32.2. The van der Waals surface area contributed by atoms with Crippen LogP contribution in [0.4, 0.5) is 5.69 Å². The molecule has 0 bridgehead atoms. The van der Waals surface area contributed by atoms with E-state index in [0.717, 1.165) is 42.5 Å². The Morgan fingerprint density at radius 3 is 2.43 bits per heavy atom. The Labute approximate surface area is 178 Å². The molecule has 0 N–H and O–H groups in total. The molecule has 156 valence electrons. The number of nitrogens with zero attached hydrogens (tertiary/aromatic N) is 2. The smallest absolute Gasteiger partial charge is 0.243 e. The van der Waals surface area contributed by atoms with Crippen LogP contribution >= 0.6 is 0 Å². The van der Waals surface area contributed by atoms with Crippen LogP contribution in [0.2, 0.25) is 0 Å². The lowest BCUT2D eigenvalue weighted by atomic mass is 9.84. The highest BCUT2D eigenvalue weighted by molar-refractivity contribution is 7.89. The van der Waals surface area contributed by atoms with E-state index in [9.17, 15) is 13.2 Å². The van der Waals surface area contributed by atoms with E-state index in [1.807, 2.05) is 35.2 Å². The van der Waals surface area contributed by atoms with Crippen LogP contribution in [0.1, 0.15) is 36.8 Å². The Bertz CT molecular complexity index is 1100. The highest BCUT2D eigenvalue weighted by Crippen LogP contribution is 2.36. The van der Waals surface area contributed by atoms with E-state index in [2.05, 4.69) is 12.1 Å². The zero-order chi connectivity index (χ0) is 20.7. The fraction of sp³-hybridized carbons (Fsp3) is 0.375. The van der Waals surface area contributed by atoms with Crippen molar-refractivity contribution in [2.24, 2.45) is 5.92 Å². The number of sulfonamides is 1. The Kier molecular flexibility index (Phi) is 4.99. The van der Waals surface area contributed by atoms with Crippen molar-refractivity contribution in [2.45, 2.75) is 37.0 Å². The minimum atomic E-state index is -3.55. The molecule has 1 fully saturated rings. The van der Waals surface area contributed by atoms with Crippen LogP contribution < -0.4 is 4.90 Å². The van der Waals surface area contributed by atoms with Gasteiger partial charge in [-0.15, -0.1) is 0 Å². The van der Waals surface area contributed by atoms with E-state index >= 15 is 0 Å². The van der Waals surface area contributed by atoms with Crippen LogP contribution in [0.25, 0.3) is 5.57 Å².